The molecule has 2 rings (SSSR count). The van der Waals surface area contributed by atoms with Gasteiger partial charge in [0.05, 0.1) is 25.7 Å². The standard InChI is InChI=1S/C19H24N2O6S/c1-26-17-9-8-15(13-18(17)27-2)28(24,25)21-16(19(23)20-10-11-22)12-14-6-4-3-5-7-14/h3-9,13,16,21-22H,10-12H2,1-2H3,(H,20,23). The van der Waals surface area contributed by atoms with Crippen LogP contribution in [0.5, 0.6) is 11.5 Å². The van der Waals surface area contributed by atoms with E-state index in [0.29, 0.717) is 5.75 Å². The Bertz CT molecular complexity index is 887. The van der Waals surface area contributed by atoms with E-state index < -0.39 is 22.0 Å². The Balaban J connectivity index is 2.29. The van der Waals surface area contributed by atoms with Crippen LogP contribution < -0.4 is 19.5 Å². The van der Waals surface area contributed by atoms with Crippen LogP contribution in [0.15, 0.2) is 53.4 Å². The van der Waals surface area contributed by atoms with Crippen LogP contribution in [0.3, 0.4) is 0 Å². The van der Waals surface area contributed by atoms with Gasteiger partial charge in [-0.2, -0.15) is 4.72 Å². The maximum Gasteiger partial charge on any atom is 0.241 e. The molecule has 0 heterocycles. The minimum absolute atomic E-state index is 0.0300. The molecule has 1 unspecified atom stereocenters. The monoisotopic (exact) mass is 408 g/mol. The minimum atomic E-state index is -4.02. The molecular formula is C19H24N2O6S. The Morgan fingerprint density at radius 2 is 1.75 bits per heavy atom. The van der Waals surface area contributed by atoms with Gasteiger partial charge in [0.15, 0.2) is 11.5 Å². The van der Waals surface area contributed by atoms with Crippen molar-refractivity contribution in [3.63, 3.8) is 0 Å². The first-order valence-electron chi connectivity index (χ1n) is 8.58. The molecule has 0 aliphatic heterocycles. The van der Waals surface area contributed by atoms with E-state index in [-0.39, 0.29) is 30.2 Å². The zero-order valence-corrected chi connectivity index (χ0v) is 16.5. The van der Waals surface area contributed by atoms with Gasteiger partial charge in [-0.25, -0.2) is 8.42 Å². The van der Waals surface area contributed by atoms with Gasteiger partial charge < -0.3 is 19.9 Å². The number of ether oxygens (including phenoxy) is 2. The van der Waals surface area contributed by atoms with Gasteiger partial charge in [-0.1, -0.05) is 30.3 Å². The quantitative estimate of drug-likeness (QED) is 0.533. The van der Waals surface area contributed by atoms with Crippen LogP contribution in [0.2, 0.25) is 0 Å². The topological polar surface area (TPSA) is 114 Å². The van der Waals surface area contributed by atoms with E-state index in [1.54, 1.807) is 24.3 Å². The summed E-state index contributed by atoms with van der Waals surface area (Å²) in [5.74, 6) is 0.125. The van der Waals surface area contributed by atoms with Crippen LogP contribution in [0.1, 0.15) is 5.56 Å². The van der Waals surface area contributed by atoms with Crippen molar-refractivity contribution < 1.29 is 27.8 Å². The number of rotatable bonds is 10. The van der Waals surface area contributed by atoms with Crippen LogP contribution in [0, 0.1) is 0 Å². The van der Waals surface area contributed by atoms with Gasteiger partial charge in [0, 0.05) is 12.6 Å². The number of sulfonamides is 1. The number of aliphatic hydroxyl groups is 1. The Morgan fingerprint density at radius 3 is 2.36 bits per heavy atom. The third-order valence-electron chi connectivity index (χ3n) is 3.97. The lowest BCUT2D eigenvalue weighted by Gasteiger charge is -2.19. The van der Waals surface area contributed by atoms with Gasteiger partial charge in [-0.15, -0.1) is 0 Å². The highest BCUT2D eigenvalue weighted by Crippen LogP contribution is 2.29. The fourth-order valence-corrected chi connectivity index (χ4v) is 3.79. The first-order valence-corrected chi connectivity index (χ1v) is 10.1. The summed E-state index contributed by atoms with van der Waals surface area (Å²) in [6.07, 6.45) is 0.157. The molecule has 0 aliphatic carbocycles. The SMILES string of the molecule is COc1ccc(S(=O)(=O)NC(Cc2ccccc2)C(=O)NCCO)cc1OC. The molecule has 2 aromatic carbocycles. The largest absolute Gasteiger partial charge is 0.493 e. The van der Waals surface area contributed by atoms with Crippen molar-refractivity contribution in [3.8, 4) is 11.5 Å². The molecule has 28 heavy (non-hydrogen) atoms. The summed E-state index contributed by atoms with van der Waals surface area (Å²) in [5.41, 5.74) is 0.793. The highest BCUT2D eigenvalue weighted by Gasteiger charge is 2.26. The molecule has 1 amide bonds. The van der Waals surface area contributed by atoms with E-state index in [1.165, 1.54) is 32.4 Å². The average molecular weight is 408 g/mol. The fourth-order valence-electron chi connectivity index (χ4n) is 2.58. The van der Waals surface area contributed by atoms with Gasteiger partial charge in [0.2, 0.25) is 15.9 Å². The first kappa shape index (κ1) is 21.7. The Hall–Kier alpha value is -2.62. The molecule has 1 atom stereocenters. The number of carbonyl (C=O) groups is 1. The molecule has 0 saturated carbocycles. The molecule has 9 heteroatoms. The summed E-state index contributed by atoms with van der Waals surface area (Å²) in [5, 5.41) is 11.4. The van der Waals surface area contributed by atoms with Gasteiger partial charge in [-0.3, -0.25) is 4.79 Å². The average Bonchev–Trinajstić information content (AvgIpc) is 2.71. The van der Waals surface area contributed by atoms with Crippen LogP contribution in [-0.2, 0) is 21.2 Å². The van der Waals surface area contributed by atoms with Crippen molar-refractivity contribution in [2.75, 3.05) is 27.4 Å². The molecule has 0 aromatic heterocycles. The molecule has 0 fully saturated rings. The second kappa shape index (κ2) is 10.1. The number of benzene rings is 2. The zero-order valence-electron chi connectivity index (χ0n) is 15.7. The van der Waals surface area contributed by atoms with E-state index in [9.17, 15) is 13.2 Å². The number of amides is 1. The summed E-state index contributed by atoms with van der Waals surface area (Å²) >= 11 is 0. The van der Waals surface area contributed by atoms with Crippen LogP contribution >= 0.6 is 0 Å². The van der Waals surface area contributed by atoms with Crippen molar-refractivity contribution >= 4 is 15.9 Å². The molecule has 8 nitrogen and oxygen atoms in total. The maximum atomic E-state index is 12.8. The van der Waals surface area contributed by atoms with Gasteiger partial charge in [0.25, 0.3) is 0 Å². The summed E-state index contributed by atoms with van der Waals surface area (Å²) < 4.78 is 38.4. The smallest absolute Gasteiger partial charge is 0.241 e. The van der Waals surface area contributed by atoms with Crippen molar-refractivity contribution in [2.45, 2.75) is 17.4 Å². The van der Waals surface area contributed by atoms with Gasteiger partial charge in [0.1, 0.15) is 6.04 Å². The molecule has 2 aromatic rings. The minimum Gasteiger partial charge on any atom is -0.493 e. The van der Waals surface area contributed by atoms with Crippen LogP contribution in [0.25, 0.3) is 0 Å². The summed E-state index contributed by atoms with van der Waals surface area (Å²) in [6, 6.07) is 12.2. The number of nitrogens with one attached hydrogen (secondary N) is 2. The van der Waals surface area contributed by atoms with Crippen LogP contribution in [0.4, 0.5) is 0 Å². The van der Waals surface area contributed by atoms with Crippen molar-refractivity contribution in [2.24, 2.45) is 0 Å². The number of hydrogen-bond donors (Lipinski definition) is 3. The molecule has 0 aliphatic rings. The number of aliphatic hydroxyl groups excluding tert-OH is 1. The lowest BCUT2D eigenvalue weighted by molar-refractivity contribution is -0.122. The molecular weight excluding hydrogens is 384 g/mol. The third-order valence-corrected chi connectivity index (χ3v) is 5.44. The summed E-state index contributed by atoms with van der Waals surface area (Å²) in [7, 11) is -1.16. The predicted molar refractivity (Wildman–Crippen MR) is 104 cm³/mol. The highest BCUT2D eigenvalue weighted by molar-refractivity contribution is 7.89. The Morgan fingerprint density at radius 1 is 1.07 bits per heavy atom. The summed E-state index contributed by atoms with van der Waals surface area (Å²) in [4.78, 5) is 12.4. The molecule has 0 spiro atoms. The second-order valence-corrected chi connectivity index (χ2v) is 7.61. The number of carbonyl (C=O) groups excluding carboxylic acids is 1. The lowest BCUT2D eigenvalue weighted by atomic mass is 10.1. The molecule has 3 N–H and O–H groups in total. The molecule has 152 valence electrons. The normalized spacial score (nSPS) is 12.2. The molecule has 0 radical (unpaired) electrons. The van der Waals surface area contributed by atoms with Gasteiger partial charge in [-0.05, 0) is 24.1 Å². The maximum absolute atomic E-state index is 12.8. The summed E-state index contributed by atoms with van der Waals surface area (Å²) in [6.45, 7) is -0.214. The first-order chi connectivity index (χ1) is 13.4. The number of hydrogen-bond acceptors (Lipinski definition) is 6. The van der Waals surface area contributed by atoms with Crippen molar-refractivity contribution in [1.82, 2.24) is 10.0 Å². The van der Waals surface area contributed by atoms with Crippen molar-refractivity contribution in [1.29, 1.82) is 0 Å². The highest BCUT2D eigenvalue weighted by atomic mass is 32.2. The molecule has 0 bridgehead atoms. The van der Waals surface area contributed by atoms with E-state index in [1.807, 2.05) is 6.07 Å². The molecule has 0 saturated heterocycles. The Kier molecular flexibility index (Phi) is 7.80. The Labute approximate surface area is 164 Å². The third kappa shape index (κ3) is 5.69. The van der Waals surface area contributed by atoms with E-state index >= 15 is 0 Å². The predicted octanol–water partition coefficient (Wildman–Crippen LogP) is 0.702. The van der Waals surface area contributed by atoms with Gasteiger partial charge >= 0.3 is 0 Å². The van der Waals surface area contributed by atoms with Crippen molar-refractivity contribution in [3.05, 3.63) is 54.1 Å². The van der Waals surface area contributed by atoms with E-state index in [0.717, 1.165) is 5.56 Å². The second-order valence-electron chi connectivity index (χ2n) is 5.90. The lowest BCUT2D eigenvalue weighted by Crippen LogP contribution is -2.48. The van der Waals surface area contributed by atoms with E-state index in [4.69, 9.17) is 14.6 Å². The van der Waals surface area contributed by atoms with Crippen LogP contribution in [-0.4, -0.2) is 52.8 Å². The fraction of sp³-hybridized carbons (Fsp3) is 0.316. The van der Waals surface area contributed by atoms with E-state index in [2.05, 4.69) is 10.0 Å². The zero-order chi connectivity index (χ0) is 20.6. The number of methoxy groups -OCH3 is 2.